The SMILES string of the molecule is C[C@@H](OC(C)(C)C)[C@H](NC(=O)CNC(=O)[C@@H](NC(=O)OC(C)(C)C)[C@@H](C)OC(C)(C)C)C(=O)N[C@@H](CCCCNC(=O)OCc1ccccc1)C(=O)NCC(=O)NCC(=O)OC(C)(C)C. The number of unbranched alkanes of at least 4 members (excludes halogenated alkanes) is 1. The monoisotopic (exact) mass is 922 g/mol. The molecule has 0 bridgehead atoms. The number of ether oxygens (including phenoxy) is 5. The lowest BCUT2D eigenvalue weighted by Crippen LogP contribution is -2.60. The Hall–Kier alpha value is -5.50. The van der Waals surface area contributed by atoms with Gasteiger partial charge in [-0.25, -0.2) is 9.59 Å². The van der Waals surface area contributed by atoms with E-state index in [2.05, 4.69) is 37.2 Å². The summed E-state index contributed by atoms with van der Waals surface area (Å²) in [5.41, 5.74) is -2.33. The van der Waals surface area contributed by atoms with E-state index in [1.54, 1.807) is 96.9 Å². The highest BCUT2D eigenvalue weighted by Crippen LogP contribution is 2.16. The van der Waals surface area contributed by atoms with E-state index in [-0.39, 0.29) is 19.6 Å². The first kappa shape index (κ1) is 57.5. The van der Waals surface area contributed by atoms with Crippen LogP contribution in [0.3, 0.4) is 0 Å². The Kier molecular flexibility index (Phi) is 23.4. The van der Waals surface area contributed by atoms with Crippen molar-refractivity contribution in [1.29, 1.82) is 0 Å². The van der Waals surface area contributed by atoms with E-state index >= 15 is 0 Å². The fraction of sp³-hybridized carbons (Fsp3) is 0.689. The Balaban J connectivity index is 3.19. The van der Waals surface area contributed by atoms with E-state index in [4.69, 9.17) is 23.7 Å². The molecule has 0 aliphatic heterocycles. The molecule has 1 aromatic rings. The molecule has 1 rings (SSSR count). The van der Waals surface area contributed by atoms with Gasteiger partial charge in [0.15, 0.2) is 0 Å². The van der Waals surface area contributed by atoms with Gasteiger partial charge in [-0.1, -0.05) is 30.3 Å². The van der Waals surface area contributed by atoms with Crippen LogP contribution < -0.4 is 37.2 Å². The van der Waals surface area contributed by atoms with Crippen LogP contribution in [0.15, 0.2) is 30.3 Å². The maximum absolute atomic E-state index is 14.1. The van der Waals surface area contributed by atoms with Crippen LogP contribution in [-0.4, -0.2) is 127 Å². The zero-order valence-corrected chi connectivity index (χ0v) is 40.7. The van der Waals surface area contributed by atoms with Crippen LogP contribution in [0.25, 0.3) is 0 Å². The standard InChI is InChI=1S/C45H75N7O13/c1-28(62-42(3,4)5)35(52-41(60)65-45(12,13)14)38(57)49-25-33(54)51-36(29(2)63-43(6,7)8)39(58)50-31(37(56)48-24-32(53)47-26-34(55)64-44(9,10)11)22-18-19-23-46-40(59)61-27-30-20-16-15-17-21-30/h15-17,20-21,28-29,31,35-36H,18-19,22-27H2,1-14H3,(H,46,59)(H,47,53)(H,48,56)(H,49,57)(H,50,58)(H,51,54)(H,52,60)/t28-,29-,31+,35+,36+/m1/s1. The van der Waals surface area contributed by atoms with Gasteiger partial charge in [-0.3, -0.25) is 28.8 Å². The van der Waals surface area contributed by atoms with Gasteiger partial charge in [0.1, 0.15) is 42.5 Å². The van der Waals surface area contributed by atoms with Gasteiger partial charge < -0.3 is 60.9 Å². The number of hydrogen-bond acceptors (Lipinski definition) is 13. The van der Waals surface area contributed by atoms with Crippen LogP contribution >= 0.6 is 0 Å². The van der Waals surface area contributed by atoms with E-state index in [0.717, 1.165) is 5.56 Å². The van der Waals surface area contributed by atoms with E-state index in [0.29, 0.717) is 12.8 Å². The molecule has 20 nitrogen and oxygen atoms in total. The van der Waals surface area contributed by atoms with E-state index < -0.39 is 120 Å². The van der Waals surface area contributed by atoms with Crippen molar-refractivity contribution in [2.24, 2.45) is 0 Å². The maximum Gasteiger partial charge on any atom is 0.408 e. The van der Waals surface area contributed by atoms with Crippen molar-refractivity contribution in [2.45, 2.75) is 176 Å². The fourth-order valence-electron chi connectivity index (χ4n) is 5.85. The van der Waals surface area contributed by atoms with Gasteiger partial charge in [0.05, 0.1) is 36.5 Å². The number of alkyl carbamates (subject to hydrolysis) is 2. The first-order valence-electron chi connectivity index (χ1n) is 21.8. The summed E-state index contributed by atoms with van der Waals surface area (Å²) in [5, 5.41) is 17.7. The van der Waals surface area contributed by atoms with Crippen LogP contribution in [0.5, 0.6) is 0 Å². The number of amides is 7. The summed E-state index contributed by atoms with van der Waals surface area (Å²) < 4.78 is 27.7. The fourth-order valence-corrected chi connectivity index (χ4v) is 5.85. The number of carbonyl (C=O) groups excluding carboxylic acids is 8. The van der Waals surface area contributed by atoms with Crippen LogP contribution in [-0.2, 0) is 59.1 Å². The molecule has 0 fully saturated rings. The highest BCUT2D eigenvalue weighted by molar-refractivity contribution is 5.95. The molecule has 0 saturated heterocycles. The summed E-state index contributed by atoms with van der Waals surface area (Å²) in [7, 11) is 0. The second-order valence-corrected chi connectivity index (χ2v) is 19.4. The van der Waals surface area contributed by atoms with E-state index in [9.17, 15) is 38.4 Å². The van der Waals surface area contributed by atoms with Crippen molar-refractivity contribution in [3.8, 4) is 0 Å². The quantitative estimate of drug-likeness (QED) is 0.0474. The van der Waals surface area contributed by atoms with Crippen molar-refractivity contribution in [3.05, 3.63) is 35.9 Å². The molecule has 0 aliphatic rings. The molecule has 20 heteroatoms. The van der Waals surface area contributed by atoms with Crippen LogP contribution in [0, 0.1) is 0 Å². The average Bonchev–Trinajstić information content (AvgIpc) is 3.15. The lowest BCUT2D eigenvalue weighted by Gasteiger charge is -2.32. The summed E-state index contributed by atoms with van der Waals surface area (Å²) in [4.78, 5) is 104. The van der Waals surface area contributed by atoms with E-state index in [1.807, 2.05) is 30.3 Å². The van der Waals surface area contributed by atoms with Gasteiger partial charge in [0.25, 0.3) is 0 Å². The molecule has 0 unspecified atom stereocenters. The third-order valence-electron chi connectivity index (χ3n) is 8.30. The van der Waals surface area contributed by atoms with Crippen molar-refractivity contribution in [1.82, 2.24) is 37.2 Å². The number of hydrogen-bond donors (Lipinski definition) is 7. The molecule has 7 amide bonds. The molecule has 368 valence electrons. The molecule has 0 aliphatic carbocycles. The first-order valence-corrected chi connectivity index (χ1v) is 21.8. The first-order chi connectivity index (χ1) is 29.8. The summed E-state index contributed by atoms with van der Waals surface area (Å²) >= 11 is 0. The number of rotatable bonds is 23. The Bertz CT molecular complexity index is 1730. The Morgan fingerprint density at radius 2 is 1.05 bits per heavy atom. The van der Waals surface area contributed by atoms with Gasteiger partial charge >= 0.3 is 18.2 Å². The largest absolute Gasteiger partial charge is 0.459 e. The molecule has 0 saturated carbocycles. The summed E-state index contributed by atoms with van der Waals surface area (Å²) in [6, 6.07) is 5.17. The minimum atomic E-state index is -1.41. The number of benzene rings is 1. The minimum absolute atomic E-state index is 0.0317. The second kappa shape index (κ2) is 26.5. The highest BCUT2D eigenvalue weighted by Gasteiger charge is 2.35. The molecule has 65 heavy (non-hydrogen) atoms. The number of carbonyl (C=O) groups is 8. The predicted octanol–water partition coefficient (Wildman–Crippen LogP) is 3.04. The Morgan fingerprint density at radius 1 is 0.523 bits per heavy atom. The topological polar surface area (TPSA) is 267 Å². The van der Waals surface area contributed by atoms with Gasteiger partial charge in [-0.2, -0.15) is 0 Å². The summed E-state index contributed by atoms with van der Waals surface area (Å²) in [5.74, 6) is -4.53. The summed E-state index contributed by atoms with van der Waals surface area (Å²) in [6.07, 6.45) is -2.67. The average molecular weight is 922 g/mol. The molecular weight excluding hydrogens is 847 g/mol. The lowest BCUT2D eigenvalue weighted by atomic mass is 10.1. The van der Waals surface area contributed by atoms with E-state index in [1.165, 1.54) is 0 Å². The van der Waals surface area contributed by atoms with Gasteiger partial charge in [-0.15, -0.1) is 0 Å². The molecule has 0 heterocycles. The molecule has 1 aromatic carbocycles. The highest BCUT2D eigenvalue weighted by atomic mass is 16.6. The summed E-state index contributed by atoms with van der Waals surface area (Å²) in [6.45, 7) is 22.3. The second-order valence-electron chi connectivity index (χ2n) is 19.4. The van der Waals surface area contributed by atoms with Crippen molar-refractivity contribution >= 4 is 47.7 Å². The third-order valence-corrected chi connectivity index (χ3v) is 8.30. The Morgan fingerprint density at radius 3 is 1.58 bits per heavy atom. The molecule has 7 N–H and O–H groups in total. The molecular formula is C45H75N7O13. The van der Waals surface area contributed by atoms with Gasteiger partial charge in [-0.05, 0) is 122 Å². The minimum Gasteiger partial charge on any atom is -0.459 e. The zero-order chi connectivity index (χ0) is 49.8. The predicted molar refractivity (Wildman–Crippen MR) is 241 cm³/mol. The molecule has 5 atom stereocenters. The smallest absolute Gasteiger partial charge is 0.408 e. The third kappa shape index (κ3) is 27.4. The molecule has 0 radical (unpaired) electrons. The van der Waals surface area contributed by atoms with Gasteiger partial charge in [0, 0.05) is 6.54 Å². The zero-order valence-electron chi connectivity index (χ0n) is 40.7. The van der Waals surface area contributed by atoms with Crippen LogP contribution in [0.1, 0.15) is 122 Å². The lowest BCUT2D eigenvalue weighted by molar-refractivity contribution is -0.154. The molecule has 0 spiro atoms. The van der Waals surface area contributed by atoms with Crippen molar-refractivity contribution < 1.29 is 62.0 Å². The normalized spacial score (nSPS) is 14.2. The number of esters is 1. The Labute approximate surface area is 383 Å². The van der Waals surface area contributed by atoms with Crippen molar-refractivity contribution in [2.75, 3.05) is 26.2 Å². The van der Waals surface area contributed by atoms with Gasteiger partial charge in [0.2, 0.25) is 29.5 Å². The number of nitrogens with one attached hydrogen (secondary N) is 7. The van der Waals surface area contributed by atoms with Crippen molar-refractivity contribution in [3.63, 3.8) is 0 Å². The maximum atomic E-state index is 14.1. The van der Waals surface area contributed by atoms with Crippen LogP contribution in [0.4, 0.5) is 9.59 Å². The molecule has 0 aromatic heterocycles. The van der Waals surface area contributed by atoms with Crippen LogP contribution in [0.2, 0.25) is 0 Å².